The zero-order chi connectivity index (χ0) is 69.7. The number of unbranched alkanes of at least 4 members (excludes halogenated alkanes) is 1. The molecule has 16 N–H and O–H groups in total. The van der Waals surface area contributed by atoms with E-state index in [9.17, 15) is 91.3 Å². The molecule has 29 heteroatoms. The largest absolute Gasteiger partial charge is 0.479 e. The number of fused-ring (bicyclic) bond motifs is 7. The lowest BCUT2D eigenvalue weighted by atomic mass is 9.33. The van der Waals surface area contributed by atoms with E-state index in [1.807, 2.05) is 20.8 Å². The van der Waals surface area contributed by atoms with Crippen molar-refractivity contribution in [2.75, 3.05) is 19.8 Å². The molecule has 35 atom stereocenters. The molecule has 0 aromatic heterocycles. The van der Waals surface area contributed by atoms with E-state index in [0.717, 1.165) is 12.0 Å². The number of rotatable bonds is 18. The Kier molecular flexibility index (Phi) is 22.4. The van der Waals surface area contributed by atoms with Crippen molar-refractivity contribution in [1.82, 2.24) is 0 Å². The summed E-state index contributed by atoms with van der Waals surface area (Å²) >= 11 is 0. The van der Waals surface area contributed by atoms with Gasteiger partial charge < -0.3 is 134 Å². The molecule has 1 unspecified atom stereocenters. The monoisotopic (exact) mass is 1360 g/mol. The Morgan fingerprint density at radius 1 is 0.558 bits per heavy atom. The summed E-state index contributed by atoms with van der Waals surface area (Å²) in [5, 5.41) is 180. The van der Waals surface area contributed by atoms with Crippen molar-refractivity contribution in [3.63, 3.8) is 0 Å². The van der Waals surface area contributed by atoms with E-state index in [-0.39, 0.29) is 29.8 Å². The number of aliphatic hydroxyl groups is 15. The number of carbonyl (C=O) groups excluding carboxylic acids is 1. The van der Waals surface area contributed by atoms with Gasteiger partial charge in [-0.2, -0.15) is 0 Å². The van der Waals surface area contributed by atoms with Gasteiger partial charge in [-0.3, -0.25) is 0 Å². The van der Waals surface area contributed by atoms with Crippen molar-refractivity contribution in [2.45, 2.75) is 305 Å². The molecule has 544 valence electrons. The van der Waals surface area contributed by atoms with Gasteiger partial charge in [-0.1, -0.05) is 79.5 Å². The Morgan fingerprint density at radius 3 is 1.69 bits per heavy atom. The number of carbonyl (C=O) groups is 2. The maximum absolute atomic E-state index is 13.4. The van der Waals surface area contributed by atoms with Crippen LogP contribution in [0, 0.1) is 50.2 Å². The molecule has 5 saturated heterocycles. The highest BCUT2D eigenvalue weighted by molar-refractivity contribution is 5.82. The van der Waals surface area contributed by atoms with Gasteiger partial charge in [0.05, 0.1) is 49.7 Å². The Labute approximate surface area is 552 Å². The normalized spacial score (nSPS) is 52.1. The summed E-state index contributed by atoms with van der Waals surface area (Å²) < 4.78 is 68.1. The molecule has 95 heavy (non-hydrogen) atoms. The van der Waals surface area contributed by atoms with E-state index in [2.05, 4.69) is 40.7 Å². The van der Waals surface area contributed by atoms with E-state index in [0.29, 0.717) is 57.8 Å². The molecule has 0 amide bonds. The number of aliphatic carboxylic acids is 1. The SMILES string of the molecule is CCC/C=C\C(=O)O[C@H]1CC(C)(C)C[C@H]2C3=CC[C@@H]4[C@@]5(C)CC[C@H](O[C@@H]6O[C@H](C(=O)O)[C@@H](O)[C@H](O[C@@H]7O[C@H](CO)[C@H](O)[C@H](O)[C@H]7OC7O[C@H](C)[C@H](O)[C@@H](O)[C@@H]7O[C@@H]7O[C@@H](C)[C@H](O)[C@@H](O)[C@H]7O)[C@H]6O[C@@H]6O[C@H](CO)[C@@H](O)[C@H](O)[C@H]6O)C(C)(C)[C@@H]5CC[C@@]4(C)[C@]3(C)C[C@@H](O)[C@@]12CO. The second-order valence-electron chi connectivity index (χ2n) is 30.9. The van der Waals surface area contributed by atoms with Crippen LogP contribution in [0.2, 0.25) is 0 Å². The molecule has 10 aliphatic rings. The first kappa shape index (κ1) is 75.1. The first-order chi connectivity index (χ1) is 44.5. The smallest absolute Gasteiger partial charge is 0.335 e. The van der Waals surface area contributed by atoms with E-state index < -0.39 is 224 Å². The van der Waals surface area contributed by atoms with Gasteiger partial charge in [0.25, 0.3) is 0 Å². The molecule has 5 heterocycles. The third kappa shape index (κ3) is 13.1. The Bertz CT molecular complexity index is 2720. The van der Waals surface area contributed by atoms with Gasteiger partial charge in [0.1, 0.15) is 110 Å². The first-order valence-electron chi connectivity index (χ1n) is 33.9. The van der Waals surface area contributed by atoms with E-state index in [1.165, 1.54) is 19.9 Å². The predicted octanol–water partition coefficient (Wildman–Crippen LogP) is -1.74. The van der Waals surface area contributed by atoms with Crippen LogP contribution in [-0.4, -0.2) is 285 Å². The summed E-state index contributed by atoms with van der Waals surface area (Å²) in [6, 6.07) is 0. The molecule has 29 nitrogen and oxygen atoms in total. The molecule has 0 radical (unpaired) electrons. The molecule has 0 bridgehead atoms. The number of carboxylic acids is 1. The minimum absolute atomic E-state index is 0.0143. The fourth-order valence-electron chi connectivity index (χ4n) is 18.9. The minimum Gasteiger partial charge on any atom is -0.479 e. The summed E-state index contributed by atoms with van der Waals surface area (Å²) in [6.45, 7) is 17.5. The summed E-state index contributed by atoms with van der Waals surface area (Å²) in [7, 11) is 0. The highest BCUT2D eigenvalue weighted by Gasteiger charge is 2.72. The number of ether oxygens (including phenoxy) is 11. The zero-order valence-electron chi connectivity index (χ0n) is 55.8. The van der Waals surface area contributed by atoms with Crippen LogP contribution in [0.25, 0.3) is 0 Å². The van der Waals surface area contributed by atoms with E-state index in [1.54, 1.807) is 6.08 Å². The predicted molar refractivity (Wildman–Crippen MR) is 324 cm³/mol. The highest BCUT2D eigenvalue weighted by atomic mass is 16.8. The topological polar surface area (TPSA) is 459 Å². The van der Waals surface area contributed by atoms with Crippen molar-refractivity contribution in [2.24, 2.45) is 50.2 Å². The van der Waals surface area contributed by atoms with Gasteiger partial charge in [0.2, 0.25) is 0 Å². The van der Waals surface area contributed by atoms with Gasteiger partial charge in [-0.05, 0) is 116 Å². The number of esters is 1. The molecular formula is C66H106O29. The van der Waals surface area contributed by atoms with Crippen molar-refractivity contribution in [3.05, 3.63) is 23.8 Å². The molecule has 4 saturated carbocycles. The van der Waals surface area contributed by atoms with Crippen LogP contribution in [0.3, 0.4) is 0 Å². The highest BCUT2D eigenvalue weighted by Crippen LogP contribution is 2.76. The number of carboxylic acid groups (broad SMARTS) is 1. The number of aliphatic hydroxyl groups excluding tert-OH is 15. The maximum atomic E-state index is 13.4. The molecule has 5 aliphatic heterocycles. The molecule has 10 rings (SSSR count). The second kappa shape index (κ2) is 28.3. The van der Waals surface area contributed by atoms with Crippen molar-refractivity contribution >= 4 is 11.9 Å². The fraction of sp³-hybridized carbons (Fsp3) is 0.909. The molecule has 0 spiro atoms. The van der Waals surface area contributed by atoms with Crippen molar-refractivity contribution in [3.8, 4) is 0 Å². The quantitative estimate of drug-likeness (QED) is 0.0313. The van der Waals surface area contributed by atoms with Crippen LogP contribution in [0.4, 0.5) is 0 Å². The first-order valence-corrected chi connectivity index (χ1v) is 33.9. The van der Waals surface area contributed by atoms with Crippen molar-refractivity contribution < 1.29 is 143 Å². The average molecular weight is 1360 g/mol. The average Bonchev–Trinajstić information content (AvgIpc) is 0.671. The van der Waals surface area contributed by atoms with Gasteiger partial charge in [0.15, 0.2) is 37.6 Å². The Hall–Kier alpha value is -2.58. The van der Waals surface area contributed by atoms with Crippen LogP contribution in [0.5, 0.6) is 0 Å². The molecule has 9 fully saturated rings. The minimum atomic E-state index is -2.34. The third-order valence-corrected chi connectivity index (χ3v) is 24.5. The van der Waals surface area contributed by atoms with Gasteiger partial charge in [0, 0.05) is 6.08 Å². The molecule has 5 aliphatic carbocycles. The van der Waals surface area contributed by atoms with Crippen LogP contribution < -0.4 is 0 Å². The molecule has 0 aromatic carbocycles. The second-order valence-corrected chi connectivity index (χ2v) is 30.9. The van der Waals surface area contributed by atoms with Crippen LogP contribution in [-0.2, 0) is 61.7 Å². The summed E-state index contributed by atoms with van der Waals surface area (Å²) in [6.07, 6.45) is -39.0. The summed E-state index contributed by atoms with van der Waals surface area (Å²) in [5.74, 6) is -2.70. The lowest BCUT2D eigenvalue weighted by Gasteiger charge is -2.72. The van der Waals surface area contributed by atoms with Crippen LogP contribution >= 0.6 is 0 Å². The third-order valence-electron chi connectivity index (χ3n) is 24.5. The number of allylic oxidation sites excluding steroid dienone is 3. The van der Waals surface area contributed by atoms with Gasteiger partial charge in [-0.25, -0.2) is 9.59 Å². The fourth-order valence-corrected chi connectivity index (χ4v) is 18.9. The van der Waals surface area contributed by atoms with E-state index >= 15 is 0 Å². The standard InChI is InChI=1S/C66H106O29/c1-11-12-13-14-38(71)89-37-23-61(4,5)21-30-29-15-16-34-63(8)19-18-36(62(6,7)33(63)17-20-64(34,9)65(29,10)22-35(70)66(30,37)26-69)90-60-54(95-57-48(81)44(77)41(74)31(24-67)87-57)50(49(82)51(92-60)55(83)84)91-59-53(46(79)42(75)32(25-68)88-59)94-58-52(45(78)40(73)28(3)86-58)93-56-47(80)43(76)39(72)27(2)85-56/h13-15,27-28,30-37,39-54,56-60,67-70,72-82H,11-12,16-26H2,1-10H3,(H,83,84)/b14-13-/t27-,28+,30-,31+,32+,33-,34+,35+,36-,37-,39-,40-,41+,42-,43+,44-,45+,46-,47+,48+,49-,50-,51-,52-,53+,54+,56-,57-,58?,59-,60+,63-,64+,65+,66-/m0/s1. The molecular weight excluding hydrogens is 1260 g/mol. The summed E-state index contributed by atoms with van der Waals surface area (Å²) in [4.78, 5) is 26.8. The van der Waals surface area contributed by atoms with Crippen LogP contribution in [0.1, 0.15) is 133 Å². The van der Waals surface area contributed by atoms with E-state index in [4.69, 9.17) is 52.1 Å². The number of hydrogen-bond acceptors (Lipinski definition) is 28. The Morgan fingerprint density at radius 2 is 1.08 bits per heavy atom. The number of hydrogen-bond donors (Lipinski definition) is 16. The lowest BCUT2D eigenvalue weighted by molar-refractivity contribution is -0.412. The lowest BCUT2D eigenvalue weighted by Crippen LogP contribution is -2.70. The Balaban J connectivity index is 0.970. The molecule has 0 aromatic rings. The zero-order valence-corrected chi connectivity index (χ0v) is 55.8. The summed E-state index contributed by atoms with van der Waals surface area (Å²) in [5.41, 5.74) is -2.58. The van der Waals surface area contributed by atoms with Gasteiger partial charge in [-0.15, -0.1) is 0 Å². The van der Waals surface area contributed by atoms with Crippen molar-refractivity contribution in [1.29, 1.82) is 0 Å². The van der Waals surface area contributed by atoms with Gasteiger partial charge >= 0.3 is 11.9 Å². The van der Waals surface area contributed by atoms with Crippen LogP contribution in [0.15, 0.2) is 23.8 Å². The maximum Gasteiger partial charge on any atom is 0.335 e.